The average molecular weight is 557 g/mol. The molecule has 0 saturated heterocycles. The zero-order valence-electron chi connectivity index (χ0n) is 23.3. The molecule has 0 saturated carbocycles. The first-order valence-electron chi connectivity index (χ1n) is 14.5. The van der Waals surface area contributed by atoms with E-state index in [1.807, 2.05) is 42.5 Å². The quantitative estimate of drug-likeness (QED) is 0.224. The summed E-state index contributed by atoms with van der Waals surface area (Å²) in [6.07, 6.45) is -0.480. The highest BCUT2D eigenvalue weighted by Crippen LogP contribution is 2.43. The van der Waals surface area contributed by atoms with E-state index < -0.39 is 0 Å². The maximum absolute atomic E-state index is 6.41. The van der Waals surface area contributed by atoms with Crippen LogP contribution in [-0.2, 0) is 0 Å². The van der Waals surface area contributed by atoms with Crippen molar-refractivity contribution < 1.29 is 4.74 Å². The molecule has 6 aromatic carbocycles. The van der Waals surface area contributed by atoms with E-state index in [0.29, 0.717) is 5.84 Å². The number of rotatable bonds is 5. The Labute approximate surface area is 250 Å². The highest BCUT2D eigenvalue weighted by atomic mass is 16.5. The van der Waals surface area contributed by atoms with E-state index in [1.54, 1.807) is 0 Å². The molecular formula is C38H28N4O. The number of fused-ring (bicyclic) bond motifs is 3. The van der Waals surface area contributed by atoms with Crippen LogP contribution >= 0.6 is 0 Å². The van der Waals surface area contributed by atoms with Crippen LogP contribution in [-0.4, -0.2) is 11.7 Å². The third-order valence-electron chi connectivity index (χ3n) is 7.98. The minimum atomic E-state index is -0.276. The predicted octanol–water partition coefficient (Wildman–Crippen LogP) is 8.51. The molecule has 2 aliphatic heterocycles. The summed E-state index contributed by atoms with van der Waals surface area (Å²) in [5, 5.41) is 9.27. The van der Waals surface area contributed by atoms with Crippen LogP contribution in [0.1, 0.15) is 34.6 Å². The zero-order valence-corrected chi connectivity index (χ0v) is 23.3. The molecule has 0 fully saturated rings. The first-order chi connectivity index (χ1) is 21.3. The molecule has 0 aliphatic carbocycles. The summed E-state index contributed by atoms with van der Waals surface area (Å²) in [6.45, 7) is 0. The number of amidine groups is 2. The highest BCUT2D eigenvalue weighted by Gasteiger charge is 2.26. The fourth-order valence-electron chi connectivity index (χ4n) is 5.73. The van der Waals surface area contributed by atoms with Crippen LogP contribution in [0.5, 0.6) is 5.75 Å². The number of nitrogens with zero attached hydrogens (tertiary/aromatic N) is 2. The molecule has 5 heteroatoms. The Morgan fingerprint density at radius 2 is 1.19 bits per heavy atom. The van der Waals surface area contributed by atoms with Crippen molar-refractivity contribution in [2.75, 3.05) is 5.32 Å². The van der Waals surface area contributed by atoms with E-state index in [0.717, 1.165) is 50.3 Å². The van der Waals surface area contributed by atoms with Gasteiger partial charge in [0.25, 0.3) is 0 Å². The van der Waals surface area contributed by atoms with Crippen LogP contribution in [0, 0.1) is 0 Å². The van der Waals surface area contributed by atoms with Crippen LogP contribution in [0.3, 0.4) is 0 Å². The summed E-state index contributed by atoms with van der Waals surface area (Å²) in [6, 6.07) is 50.0. The van der Waals surface area contributed by atoms with Crippen molar-refractivity contribution in [3.8, 4) is 16.9 Å². The van der Waals surface area contributed by atoms with Crippen molar-refractivity contribution in [3.05, 3.63) is 168 Å². The molecule has 2 N–H and O–H groups in total. The Bertz CT molecular complexity index is 1990. The van der Waals surface area contributed by atoms with Crippen LogP contribution < -0.4 is 15.4 Å². The van der Waals surface area contributed by atoms with Gasteiger partial charge in [-0.25, -0.2) is 9.98 Å². The Hall–Kier alpha value is -5.68. The standard InChI is InChI=1S/C38H28N4O/c1-4-10-25(11-5-1)26-16-18-28(19-17-26)36-40-35(27-12-6-2-7-13-27)41-37(42-36)31-20-22-32-30(24-31)21-23-33-34(32)43-38(39-33)29-14-8-3-9-15-29/h1-24,36,38-39H,(H,40,41,42). The molecule has 43 heavy (non-hydrogen) atoms. The van der Waals surface area contributed by atoms with Gasteiger partial charge in [0.2, 0.25) is 0 Å². The summed E-state index contributed by atoms with van der Waals surface area (Å²) in [5.74, 6) is 2.37. The van der Waals surface area contributed by atoms with E-state index in [2.05, 4.69) is 114 Å². The minimum Gasteiger partial charge on any atom is -0.464 e. The molecule has 2 aliphatic rings. The fourth-order valence-corrected chi connectivity index (χ4v) is 5.73. The van der Waals surface area contributed by atoms with Gasteiger partial charge in [-0.15, -0.1) is 0 Å². The van der Waals surface area contributed by atoms with Crippen LogP contribution in [0.15, 0.2) is 156 Å². The van der Waals surface area contributed by atoms with E-state index >= 15 is 0 Å². The lowest BCUT2D eigenvalue weighted by Gasteiger charge is -2.24. The van der Waals surface area contributed by atoms with Crippen molar-refractivity contribution in [2.45, 2.75) is 12.4 Å². The first kappa shape index (κ1) is 25.1. The van der Waals surface area contributed by atoms with E-state index in [9.17, 15) is 0 Å². The number of hydrogen-bond acceptors (Lipinski definition) is 5. The summed E-state index contributed by atoms with van der Waals surface area (Å²) < 4.78 is 6.41. The monoisotopic (exact) mass is 556 g/mol. The summed E-state index contributed by atoms with van der Waals surface area (Å²) in [4.78, 5) is 10.0. The van der Waals surface area contributed by atoms with Crippen LogP contribution in [0.2, 0.25) is 0 Å². The van der Waals surface area contributed by atoms with Gasteiger partial charge in [0.05, 0.1) is 5.69 Å². The molecule has 2 unspecified atom stereocenters. The third-order valence-corrected chi connectivity index (χ3v) is 7.98. The first-order valence-corrected chi connectivity index (χ1v) is 14.5. The largest absolute Gasteiger partial charge is 0.464 e. The van der Waals surface area contributed by atoms with Gasteiger partial charge in [-0.1, -0.05) is 127 Å². The lowest BCUT2D eigenvalue weighted by molar-refractivity contribution is 0.262. The highest BCUT2D eigenvalue weighted by molar-refractivity contribution is 6.14. The second kappa shape index (κ2) is 10.6. The molecule has 0 bridgehead atoms. The van der Waals surface area contributed by atoms with Crippen molar-refractivity contribution in [2.24, 2.45) is 9.98 Å². The molecule has 5 nitrogen and oxygen atoms in total. The topological polar surface area (TPSA) is 58.0 Å². The summed E-state index contributed by atoms with van der Waals surface area (Å²) >= 11 is 0. The van der Waals surface area contributed by atoms with Gasteiger partial charge in [0.1, 0.15) is 12.0 Å². The van der Waals surface area contributed by atoms with Crippen molar-refractivity contribution >= 4 is 28.1 Å². The number of aliphatic imine (C=N–C) groups is 2. The van der Waals surface area contributed by atoms with Crippen molar-refractivity contribution in [1.29, 1.82) is 0 Å². The Morgan fingerprint density at radius 3 is 1.93 bits per heavy atom. The third kappa shape index (κ3) is 4.81. The Balaban J connectivity index is 1.13. The second-order valence-corrected chi connectivity index (χ2v) is 10.7. The van der Waals surface area contributed by atoms with Gasteiger partial charge in [0.15, 0.2) is 17.8 Å². The van der Waals surface area contributed by atoms with Gasteiger partial charge in [-0.3, -0.25) is 0 Å². The molecule has 0 amide bonds. The molecule has 8 rings (SSSR count). The van der Waals surface area contributed by atoms with Crippen LogP contribution in [0.4, 0.5) is 5.69 Å². The molecule has 2 heterocycles. The lowest BCUT2D eigenvalue weighted by atomic mass is 10.0. The average Bonchev–Trinajstić information content (AvgIpc) is 3.54. The van der Waals surface area contributed by atoms with E-state index in [4.69, 9.17) is 14.7 Å². The molecular weight excluding hydrogens is 528 g/mol. The van der Waals surface area contributed by atoms with Crippen molar-refractivity contribution in [1.82, 2.24) is 5.32 Å². The van der Waals surface area contributed by atoms with Crippen molar-refractivity contribution in [3.63, 3.8) is 0 Å². The summed E-state index contributed by atoms with van der Waals surface area (Å²) in [7, 11) is 0. The minimum absolute atomic E-state index is 0.204. The van der Waals surface area contributed by atoms with E-state index in [1.165, 1.54) is 11.1 Å². The van der Waals surface area contributed by atoms with Crippen LogP contribution in [0.25, 0.3) is 21.9 Å². The number of benzene rings is 6. The molecule has 0 aromatic heterocycles. The van der Waals surface area contributed by atoms with E-state index in [-0.39, 0.29) is 12.4 Å². The number of anilines is 1. The van der Waals surface area contributed by atoms with Gasteiger partial charge in [0, 0.05) is 22.1 Å². The molecule has 2 atom stereocenters. The van der Waals surface area contributed by atoms with Gasteiger partial charge < -0.3 is 15.4 Å². The maximum Gasteiger partial charge on any atom is 0.196 e. The van der Waals surface area contributed by atoms with Gasteiger partial charge in [-0.2, -0.15) is 0 Å². The fraction of sp³-hybridized carbons (Fsp3) is 0.0526. The second-order valence-electron chi connectivity index (χ2n) is 10.7. The number of ether oxygens (including phenoxy) is 1. The molecule has 0 spiro atoms. The number of hydrogen-bond donors (Lipinski definition) is 2. The Kier molecular flexibility index (Phi) is 6.19. The van der Waals surface area contributed by atoms with Gasteiger partial charge in [-0.05, 0) is 40.3 Å². The Morgan fingerprint density at radius 1 is 0.535 bits per heavy atom. The predicted molar refractivity (Wildman–Crippen MR) is 175 cm³/mol. The zero-order chi connectivity index (χ0) is 28.6. The smallest absolute Gasteiger partial charge is 0.196 e. The molecule has 0 radical (unpaired) electrons. The summed E-state index contributed by atoms with van der Waals surface area (Å²) in [5.41, 5.74) is 7.52. The number of nitrogens with one attached hydrogen (secondary N) is 2. The maximum atomic E-state index is 6.41. The molecule has 6 aromatic rings. The van der Waals surface area contributed by atoms with Gasteiger partial charge >= 0.3 is 0 Å². The lowest BCUT2D eigenvalue weighted by Crippen LogP contribution is -2.33. The normalized spacial score (nSPS) is 17.2. The SMILES string of the molecule is c1ccc(C2=NC(c3ccc(-c4ccccc4)cc3)NC(c3ccc4c5c(ccc4c3)NC(c3ccccc3)O5)=N2)cc1. The molecule has 206 valence electrons.